The molecule has 0 saturated carbocycles. The molecule has 1 aliphatic heterocycles. The van der Waals surface area contributed by atoms with Gasteiger partial charge in [0.1, 0.15) is 12.1 Å². The molecule has 0 radical (unpaired) electrons. The first-order chi connectivity index (χ1) is 8.91. The number of nitrogens with one attached hydrogen (secondary N) is 1. The Hall–Kier alpha value is -1.36. The van der Waals surface area contributed by atoms with E-state index in [0.717, 1.165) is 4.88 Å². The largest absolute Gasteiger partial charge is 0.342 e. The first kappa shape index (κ1) is 14.1. The van der Waals surface area contributed by atoms with Crippen LogP contribution in [0.15, 0.2) is 11.4 Å². The summed E-state index contributed by atoms with van der Waals surface area (Å²) in [5, 5.41) is 4.83. The Morgan fingerprint density at radius 2 is 2.11 bits per heavy atom. The maximum absolute atomic E-state index is 12.5. The molecule has 4 nitrogen and oxygen atoms in total. The van der Waals surface area contributed by atoms with Gasteiger partial charge in [-0.2, -0.15) is 0 Å². The van der Waals surface area contributed by atoms with Gasteiger partial charge >= 0.3 is 0 Å². The van der Waals surface area contributed by atoms with Gasteiger partial charge in [-0.1, -0.05) is 13.8 Å². The molecule has 2 unspecified atom stereocenters. The minimum absolute atomic E-state index is 0.0231. The number of aryl methyl sites for hydroxylation is 1. The van der Waals surface area contributed by atoms with Crippen molar-refractivity contribution in [2.24, 2.45) is 5.92 Å². The van der Waals surface area contributed by atoms with Crippen LogP contribution in [-0.4, -0.2) is 28.8 Å². The van der Waals surface area contributed by atoms with Crippen molar-refractivity contribution in [1.29, 1.82) is 0 Å². The normalized spacial score (nSPS) is 23.9. The standard InChI is InChI=1S/C14H20N2O2S/c1-8(2)12-14(18)16(10(4)13(17)15-12)7-11-9(3)5-6-19-11/h5-6,8,10,12H,7H2,1-4H3,(H,15,17). The van der Waals surface area contributed by atoms with Crippen molar-refractivity contribution in [3.8, 4) is 0 Å². The topological polar surface area (TPSA) is 49.4 Å². The molecule has 2 rings (SSSR count). The summed E-state index contributed by atoms with van der Waals surface area (Å²) in [4.78, 5) is 27.3. The van der Waals surface area contributed by atoms with Crippen LogP contribution in [0, 0.1) is 12.8 Å². The lowest BCUT2D eigenvalue weighted by Gasteiger charge is -2.38. The van der Waals surface area contributed by atoms with Gasteiger partial charge < -0.3 is 10.2 Å². The van der Waals surface area contributed by atoms with E-state index in [2.05, 4.69) is 5.32 Å². The lowest BCUT2D eigenvalue weighted by molar-refractivity contribution is -0.150. The van der Waals surface area contributed by atoms with E-state index in [1.807, 2.05) is 32.2 Å². The van der Waals surface area contributed by atoms with Crippen molar-refractivity contribution < 1.29 is 9.59 Å². The summed E-state index contributed by atoms with van der Waals surface area (Å²) < 4.78 is 0. The molecule has 0 spiro atoms. The second-order valence-electron chi connectivity index (χ2n) is 5.40. The summed E-state index contributed by atoms with van der Waals surface area (Å²) in [5.74, 6) is 0.0679. The van der Waals surface area contributed by atoms with E-state index < -0.39 is 12.1 Å². The first-order valence-corrected chi connectivity index (χ1v) is 7.43. The number of thiophene rings is 1. The highest BCUT2D eigenvalue weighted by Crippen LogP contribution is 2.22. The summed E-state index contributed by atoms with van der Waals surface area (Å²) in [6.07, 6.45) is 0. The van der Waals surface area contributed by atoms with Crippen LogP contribution in [0.25, 0.3) is 0 Å². The Morgan fingerprint density at radius 3 is 2.63 bits per heavy atom. The van der Waals surface area contributed by atoms with E-state index in [9.17, 15) is 9.59 Å². The van der Waals surface area contributed by atoms with Crippen LogP contribution in [0.2, 0.25) is 0 Å². The quantitative estimate of drug-likeness (QED) is 0.919. The van der Waals surface area contributed by atoms with E-state index in [1.54, 1.807) is 23.2 Å². The lowest BCUT2D eigenvalue weighted by Crippen LogP contribution is -2.63. The Kier molecular flexibility index (Phi) is 3.94. The van der Waals surface area contributed by atoms with E-state index >= 15 is 0 Å². The number of nitrogens with zero attached hydrogens (tertiary/aromatic N) is 1. The molecule has 2 atom stereocenters. The summed E-state index contributed by atoms with van der Waals surface area (Å²) in [6.45, 7) is 8.25. The highest BCUT2D eigenvalue weighted by atomic mass is 32.1. The average Bonchev–Trinajstić information content (AvgIpc) is 2.74. The first-order valence-electron chi connectivity index (χ1n) is 6.55. The Bertz CT molecular complexity index is 495. The van der Waals surface area contributed by atoms with Gasteiger partial charge in [0.15, 0.2) is 0 Å². The molecule has 19 heavy (non-hydrogen) atoms. The molecular formula is C14H20N2O2S. The van der Waals surface area contributed by atoms with Gasteiger partial charge in [-0.25, -0.2) is 0 Å². The monoisotopic (exact) mass is 280 g/mol. The van der Waals surface area contributed by atoms with E-state index in [1.165, 1.54) is 5.56 Å². The number of carbonyl (C=O) groups excluding carboxylic acids is 2. The Labute approximate surface area is 117 Å². The van der Waals surface area contributed by atoms with Gasteiger partial charge in [0.05, 0.1) is 6.54 Å². The van der Waals surface area contributed by atoms with Crippen molar-refractivity contribution in [3.05, 3.63) is 21.9 Å². The summed E-state index contributed by atoms with van der Waals surface area (Å²) in [6, 6.07) is 1.24. The SMILES string of the molecule is Cc1ccsc1CN1C(=O)C(C(C)C)NC(=O)C1C. The molecule has 1 fully saturated rings. The number of piperazine rings is 1. The van der Waals surface area contributed by atoms with Gasteiger partial charge in [-0.15, -0.1) is 11.3 Å². The molecule has 1 N–H and O–H groups in total. The van der Waals surface area contributed by atoms with E-state index in [0.29, 0.717) is 6.54 Å². The van der Waals surface area contributed by atoms with Crippen LogP contribution >= 0.6 is 11.3 Å². The molecule has 0 aliphatic carbocycles. The van der Waals surface area contributed by atoms with Crippen molar-refractivity contribution >= 4 is 23.2 Å². The van der Waals surface area contributed by atoms with Crippen LogP contribution in [0.1, 0.15) is 31.2 Å². The van der Waals surface area contributed by atoms with Gasteiger partial charge in [0, 0.05) is 4.88 Å². The molecule has 0 bridgehead atoms. The fourth-order valence-corrected chi connectivity index (χ4v) is 3.14. The maximum atomic E-state index is 12.5. The Balaban J connectivity index is 2.23. The number of hydrogen-bond donors (Lipinski definition) is 1. The highest BCUT2D eigenvalue weighted by Gasteiger charge is 2.39. The predicted molar refractivity (Wildman–Crippen MR) is 75.8 cm³/mol. The van der Waals surface area contributed by atoms with Crippen LogP contribution in [0.5, 0.6) is 0 Å². The van der Waals surface area contributed by atoms with Gasteiger partial charge in [0.2, 0.25) is 11.8 Å². The van der Waals surface area contributed by atoms with Crippen molar-refractivity contribution in [2.75, 3.05) is 0 Å². The molecular weight excluding hydrogens is 260 g/mol. The summed E-state index contributed by atoms with van der Waals surface area (Å²) in [5.41, 5.74) is 1.18. The third kappa shape index (κ3) is 2.66. The summed E-state index contributed by atoms with van der Waals surface area (Å²) >= 11 is 1.63. The molecule has 104 valence electrons. The van der Waals surface area contributed by atoms with E-state index in [4.69, 9.17) is 0 Å². The van der Waals surface area contributed by atoms with Crippen LogP contribution in [0.4, 0.5) is 0 Å². The highest BCUT2D eigenvalue weighted by molar-refractivity contribution is 7.10. The fraction of sp³-hybridized carbons (Fsp3) is 0.571. The number of hydrogen-bond acceptors (Lipinski definition) is 3. The van der Waals surface area contributed by atoms with Gasteiger partial charge in [-0.05, 0) is 36.8 Å². The van der Waals surface area contributed by atoms with Crippen molar-refractivity contribution in [3.63, 3.8) is 0 Å². The molecule has 2 heterocycles. The molecule has 1 aliphatic rings. The molecule has 1 aromatic heterocycles. The predicted octanol–water partition coefficient (Wildman–Crippen LogP) is 1.93. The zero-order valence-electron chi connectivity index (χ0n) is 11.8. The minimum atomic E-state index is -0.399. The number of carbonyl (C=O) groups is 2. The maximum Gasteiger partial charge on any atom is 0.246 e. The smallest absolute Gasteiger partial charge is 0.246 e. The summed E-state index contributed by atoms with van der Waals surface area (Å²) in [7, 11) is 0. The van der Waals surface area contributed by atoms with Crippen molar-refractivity contribution in [2.45, 2.75) is 46.3 Å². The molecule has 0 aromatic carbocycles. The second kappa shape index (κ2) is 5.33. The molecule has 1 aromatic rings. The third-order valence-corrected chi connectivity index (χ3v) is 4.65. The number of rotatable bonds is 3. The third-order valence-electron chi connectivity index (χ3n) is 3.64. The van der Waals surface area contributed by atoms with Crippen LogP contribution in [0.3, 0.4) is 0 Å². The number of amides is 2. The average molecular weight is 280 g/mol. The van der Waals surface area contributed by atoms with Crippen LogP contribution in [-0.2, 0) is 16.1 Å². The van der Waals surface area contributed by atoms with E-state index in [-0.39, 0.29) is 17.7 Å². The zero-order chi connectivity index (χ0) is 14.2. The molecule has 2 amide bonds. The van der Waals surface area contributed by atoms with Gasteiger partial charge in [-0.3, -0.25) is 9.59 Å². The van der Waals surface area contributed by atoms with Crippen molar-refractivity contribution in [1.82, 2.24) is 10.2 Å². The molecule has 1 saturated heterocycles. The zero-order valence-corrected chi connectivity index (χ0v) is 12.6. The van der Waals surface area contributed by atoms with Crippen LogP contribution < -0.4 is 5.32 Å². The van der Waals surface area contributed by atoms with Gasteiger partial charge in [0.25, 0.3) is 0 Å². The molecule has 5 heteroatoms. The second-order valence-corrected chi connectivity index (χ2v) is 6.40. The fourth-order valence-electron chi connectivity index (χ4n) is 2.23. The lowest BCUT2D eigenvalue weighted by atomic mass is 9.98. The minimum Gasteiger partial charge on any atom is -0.342 e. The Morgan fingerprint density at radius 1 is 1.42 bits per heavy atom.